The van der Waals surface area contributed by atoms with Crippen LogP contribution in [0.15, 0.2) is 66.7 Å². The van der Waals surface area contributed by atoms with Gasteiger partial charge in [-0.05, 0) is 67.1 Å². The predicted molar refractivity (Wildman–Crippen MR) is 143 cm³/mol. The molecule has 0 aromatic heterocycles. The topological polar surface area (TPSA) is 73.9 Å². The number of fused-ring (bicyclic) bond motifs is 1. The Hall–Kier alpha value is -4.00. The molecule has 7 heteroatoms. The van der Waals surface area contributed by atoms with Crippen molar-refractivity contribution in [1.29, 1.82) is 0 Å². The highest BCUT2D eigenvalue weighted by Crippen LogP contribution is 2.31. The van der Waals surface area contributed by atoms with E-state index in [1.54, 1.807) is 19.2 Å². The quantitative estimate of drug-likeness (QED) is 0.500. The van der Waals surface area contributed by atoms with Crippen molar-refractivity contribution in [3.63, 3.8) is 0 Å². The Morgan fingerprint density at radius 2 is 1.58 bits per heavy atom. The van der Waals surface area contributed by atoms with Crippen LogP contribution in [0.4, 0.5) is 21.9 Å². The second kappa shape index (κ2) is 10.7. The summed E-state index contributed by atoms with van der Waals surface area (Å²) in [6.07, 6.45) is 4.15. The predicted octanol–water partition coefficient (Wildman–Crippen LogP) is 5.53. The molecule has 0 spiro atoms. The number of ether oxygens (including phenoxy) is 1. The Labute approximate surface area is 212 Å². The Morgan fingerprint density at radius 3 is 2.39 bits per heavy atom. The number of piperidine rings is 1. The molecule has 36 heavy (non-hydrogen) atoms. The molecule has 0 bridgehead atoms. The van der Waals surface area contributed by atoms with Crippen LogP contribution in [-0.4, -0.2) is 43.6 Å². The molecule has 2 aliphatic heterocycles. The highest BCUT2D eigenvalue weighted by molar-refractivity contribution is 6.04. The van der Waals surface area contributed by atoms with Crippen LogP contribution in [0.25, 0.3) is 0 Å². The molecule has 7 nitrogen and oxygen atoms in total. The zero-order chi connectivity index (χ0) is 24.9. The van der Waals surface area contributed by atoms with Crippen LogP contribution < -0.4 is 20.3 Å². The first-order chi connectivity index (χ1) is 17.6. The first-order valence-corrected chi connectivity index (χ1v) is 12.6. The summed E-state index contributed by atoms with van der Waals surface area (Å²) in [6, 6.07) is 21.0. The molecule has 2 N–H and O–H groups in total. The fourth-order valence-corrected chi connectivity index (χ4v) is 5.06. The number of rotatable bonds is 5. The summed E-state index contributed by atoms with van der Waals surface area (Å²) in [5.74, 6) is 0.603. The molecule has 3 aromatic carbocycles. The molecule has 0 saturated carbocycles. The molecule has 186 valence electrons. The van der Waals surface area contributed by atoms with Crippen molar-refractivity contribution in [3.8, 4) is 5.75 Å². The third-order valence-corrected chi connectivity index (χ3v) is 6.95. The highest BCUT2D eigenvalue weighted by Gasteiger charge is 2.26. The van der Waals surface area contributed by atoms with Crippen LogP contribution in [0, 0.1) is 0 Å². The summed E-state index contributed by atoms with van der Waals surface area (Å²) < 4.78 is 5.32. The zero-order valence-electron chi connectivity index (χ0n) is 20.6. The van der Waals surface area contributed by atoms with E-state index in [2.05, 4.69) is 39.8 Å². The molecule has 0 atom stereocenters. The normalized spacial score (nSPS) is 15.1. The van der Waals surface area contributed by atoms with Gasteiger partial charge in [0, 0.05) is 37.6 Å². The van der Waals surface area contributed by atoms with Crippen molar-refractivity contribution in [2.75, 3.05) is 42.3 Å². The van der Waals surface area contributed by atoms with E-state index in [0.717, 1.165) is 57.5 Å². The summed E-state index contributed by atoms with van der Waals surface area (Å²) in [5.41, 5.74) is 5.35. The molecular formula is C29H32N4O3. The van der Waals surface area contributed by atoms with Crippen LogP contribution in [0.3, 0.4) is 0 Å². The van der Waals surface area contributed by atoms with E-state index in [9.17, 15) is 9.59 Å². The van der Waals surface area contributed by atoms with Gasteiger partial charge in [-0.3, -0.25) is 4.79 Å². The van der Waals surface area contributed by atoms with Crippen LogP contribution in [0.2, 0.25) is 0 Å². The van der Waals surface area contributed by atoms with Gasteiger partial charge in [-0.25, -0.2) is 4.79 Å². The molecule has 0 unspecified atom stereocenters. The van der Waals surface area contributed by atoms with Gasteiger partial charge in [-0.1, -0.05) is 36.4 Å². The first kappa shape index (κ1) is 23.7. The van der Waals surface area contributed by atoms with E-state index in [1.165, 1.54) is 11.1 Å². The smallest absolute Gasteiger partial charge is 0.323 e. The number of amides is 3. The average Bonchev–Trinajstić information content (AvgIpc) is 2.93. The molecule has 2 heterocycles. The van der Waals surface area contributed by atoms with Crippen LogP contribution in [0.5, 0.6) is 5.75 Å². The van der Waals surface area contributed by atoms with Gasteiger partial charge in [-0.15, -0.1) is 0 Å². The number of carbonyl (C=O) groups is 2. The van der Waals surface area contributed by atoms with Crippen molar-refractivity contribution >= 4 is 29.0 Å². The number of carbonyl (C=O) groups excluding carboxylic acids is 2. The van der Waals surface area contributed by atoms with Crippen LogP contribution >= 0.6 is 0 Å². The summed E-state index contributed by atoms with van der Waals surface area (Å²) in [5, 5.41) is 5.72. The lowest BCUT2D eigenvalue weighted by molar-refractivity contribution is 0.0725. The second-order valence-electron chi connectivity index (χ2n) is 9.30. The Kier molecular flexibility index (Phi) is 7.07. The van der Waals surface area contributed by atoms with Gasteiger partial charge < -0.3 is 25.2 Å². The third kappa shape index (κ3) is 5.15. The van der Waals surface area contributed by atoms with E-state index in [0.29, 0.717) is 22.7 Å². The van der Waals surface area contributed by atoms with Crippen molar-refractivity contribution in [2.45, 2.75) is 32.2 Å². The SMILES string of the molecule is COc1ccccc1NC(=O)Nc1ccc(N2CCc3ccccc3C2)c(C(=O)N2CCCCC2)c1. The lowest BCUT2D eigenvalue weighted by Gasteiger charge is -2.34. The number of likely N-dealkylation sites (tertiary alicyclic amines) is 1. The van der Waals surface area contributed by atoms with Crippen molar-refractivity contribution < 1.29 is 14.3 Å². The van der Waals surface area contributed by atoms with Gasteiger partial charge in [-0.2, -0.15) is 0 Å². The monoisotopic (exact) mass is 484 g/mol. The summed E-state index contributed by atoms with van der Waals surface area (Å²) in [7, 11) is 1.56. The summed E-state index contributed by atoms with van der Waals surface area (Å²) in [4.78, 5) is 30.7. The summed E-state index contributed by atoms with van der Waals surface area (Å²) >= 11 is 0. The minimum atomic E-state index is -0.393. The molecular weight excluding hydrogens is 452 g/mol. The maximum absolute atomic E-state index is 13.7. The van der Waals surface area contributed by atoms with Gasteiger partial charge in [0.1, 0.15) is 5.75 Å². The van der Waals surface area contributed by atoms with E-state index in [4.69, 9.17) is 4.74 Å². The van der Waals surface area contributed by atoms with Crippen molar-refractivity contribution in [1.82, 2.24) is 4.90 Å². The maximum atomic E-state index is 13.7. The van der Waals surface area contributed by atoms with Gasteiger partial charge in [0.15, 0.2) is 0 Å². The number of para-hydroxylation sites is 2. The van der Waals surface area contributed by atoms with E-state index in [1.807, 2.05) is 35.2 Å². The number of hydrogen-bond acceptors (Lipinski definition) is 4. The lowest BCUT2D eigenvalue weighted by Crippen LogP contribution is -2.38. The lowest BCUT2D eigenvalue weighted by atomic mass is 9.98. The van der Waals surface area contributed by atoms with Crippen LogP contribution in [-0.2, 0) is 13.0 Å². The third-order valence-electron chi connectivity index (χ3n) is 6.95. The van der Waals surface area contributed by atoms with Gasteiger partial charge >= 0.3 is 6.03 Å². The Balaban J connectivity index is 1.41. The van der Waals surface area contributed by atoms with E-state index < -0.39 is 6.03 Å². The molecule has 1 fully saturated rings. The molecule has 3 aromatic rings. The van der Waals surface area contributed by atoms with Gasteiger partial charge in [0.25, 0.3) is 5.91 Å². The van der Waals surface area contributed by atoms with Crippen molar-refractivity contribution in [2.24, 2.45) is 0 Å². The molecule has 0 aliphatic carbocycles. The average molecular weight is 485 g/mol. The fraction of sp³-hybridized carbons (Fsp3) is 0.310. The zero-order valence-corrected chi connectivity index (χ0v) is 20.6. The van der Waals surface area contributed by atoms with Gasteiger partial charge in [0.2, 0.25) is 0 Å². The standard InChI is InChI=1S/C29H32N4O3/c1-36-27-12-6-5-11-25(27)31-29(35)30-23-13-14-26(24(19-23)28(34)32-16-7-2-8-17-32)33-18-15-21-9-3-4-10-22(21)20-33/h3-6,9-14,19H,2,7-8,15-18,20H2,1H3,(H2,30,31,35). The number of methoxy groups -OCH3 is 1. The van der Waals surface area contributed by atoms with Crippen molar-refractivity contribution in [3.05, 3.63) is 83.4 Å². The Morgan fingerprint density at radius 1 is 0.833 bits per heavy atom. The number of urea groups is 1. The maximum Gasteiger partial charge on any atom is 0.323 e. The second-order valence-corrected chi connectivity index (χ2v) is 9.30. The number of nitrogens with zero attached hydrogens (tertiary/aromatic N) is 2. The largest absolute Gasteiger partial charge is 0.495 e. The molecule has 0 radical (unpaired) electrons. The number of anilines is 3. The minimum absolute atomic E-state index is 0.0253. The molecule has 3 amide bonds. The van der Waals surface area contributed by atoms with E-state index in [-0.39, 0.29) is 5.91 Å². The molecule has 5 rings (SSSR count). The fourth-order valence-electron chi connectivity index (χ4n) is 5.06. The minimum Gasteiger partial charge on any atom is -0.495 e. The number of nitrogens with one attached hydrogen (secondary N) is 2. The molecule has 2 aliphatic rings. The number of hydrogen-bond donors (Lipinski definition) is 2. The first-order valence-electron chi connectivity index (χ1n) is 12.6. The number of benzene rings is 3. The Bertz CT molecular complexity index is 1250. The highest BCUT2D eigenvalue weighted by atomic mass is 16.5. The van der Waals surface area contributed by atoms with Crippen LogP contribution in [0.1, 0.15) is 40.7 Å². The van der Waals surface area contributed by atoms with E-state index >= 15 is 0 Å². The molecule has 1 saturated heterocycles. The van der Waals surface area contributed by atoms with Gasteiger partial charge in [0.05, 0.1) is 18.4 Å². The summed E-state index contributed by atoms with van der Waals surface area (Å²) in [6.45, 7) is 3.15.